The minimum Gasteiger partial charge on any atom is -0.405 e. The zero-order valence-corrected chi connectivity index (χ0v) is 14.3. The molecule has 23 heavy (non-hydrogen) atoms. The van der Waals surface area contributed by atoms with Crippen LogP contribution in [0.4, 0.5) is 13.2 Å². The zero-order chi connectivity index (χ0) is 17.2. The second-order valence-electron chi connectivity index (χ2n) is 4.10. The minimum atomic E-state index is -4.84. The number of benzene rings is 1. The fraction of sp³-hybridized carbons (Fsp3) is 0.154. The first-order valence-electron chi connectivity index (χ1n) is 5.89. The highest BCUT2D eigenvalue weighted by molar-refractivity contribution is 14.1. The Labute approximate surface area is 146 Å². The standard InChI is InChI=1S/C13H7F3IN3O2S/c1-23-12-19-10(7(5-18)11(21)20-12)6-2-3-8(17)9(4-6)22-13(14,15)16/h2-4H,1H3,(H,19,20,21). The van der Waals surface area contributed by atoms with Crippen LogP contribution in [0.3, 0.4) is 0 Å². The van der Waals surface area contributed by atoms with Gasteiger partial charge in [0.2, 0.25) is 0 Å². The van der Waals surface area contributed by atoms with Crippen molar-refractivity contribution in [3.63, 3.8) is 0 Å². The minimum absolute atomic E-state index is 0.00373. The number of ether oxygens (including phenoxy) is 1. The Balaban J connectivity index is 2.64. The summed E-state index contributed by atoms with van der Waals surface area (Å²) in [6.45, 7) is 0. The van der Waals surface area contributed by atoms with Gasteiger partial charge in [-0.2, -0.15) is 5.26 Å². The molecule has 0 atom stereocenters. The second kappa shape index (κ2) is 6.79. The van der Waals surface area contributed by atoms with E-state index in [0.29, 0.717) is 0 Å². The molecule has 1 aromatic carbocycles. The van der Waals surface area contributed by atoms with E-state index in [1.807, 2.05) is 0 Å². The summed E-state index contributed by atoms with van der Waals surface area (Å²) in [5.74, 6) is -0.424. The van der Waals surface area contributed by atoms with Crippen molar-refractivity contribution in [1.82, 2.24) is 9.97 Å². The lowest BCUT2D eigenvalue weighted by Crippen LogP contribution is -2.18. The van der Waals surface area contributed by atoms with Crippen molar-refractivity contribution >= 4 is 34.4 Å². The molecule has 0 bridgehead atoms. The molecule has 0 saturated heterocycles. The molecule has 0 fully saturated rings. The molecule has 0 spiro atoms. The van der Waals surface area contributed by atoms with Crippen LogP contribution in [0.15, 0.2) is 28.2 Å². The van der Waals surface area contributed by atoms with E-state index in [0.717, 1.165) is 17.8 Å². The quantitative estimate of drug-likeness (QED) is 0.437. The van der Waals surface area contributed by atoms with Crippen molar-refractivity contribution < 1.29 is 17.9 Å². The monoisotopic (exact) mass is 453 g/mol. The second-order valence-corrected chi connectivity index (χ2v) is 6.06. The van der Waals surface area contributed by atoms with E-state index < -0.39 is 17.7 Å². The summed E-state index contributed by atoms with van der Waals surface area (Å²) in [5, 5.41) is 9.36. The van der Waals surface area contributed by atoms with Crippen LogP contribution in [0.1, 0.15) is 5.56 Å². The largest absolute Gasteiger partial charge is 0.573 e. The maximum atomic E-state index is 12.4. The summed E-state index contributed by atoms with van der Waals surface area (Å²) < 4.78 is 41.5. The zero-order valence-electron chi connectivity index (χ0n) is 11.4. The number of alkyl halides is 3. The van der Waals surface area contributed by atoms with Crippen molar-refractivity contribution in [1.29, 1.82) is 5.26 Å². The number of thioether (sulfide) groups is 1. The molecular weight excluding hydrogens is 446 g/mol. The first-order chi connectivity index (χ1) is 10.7. The van der Waals surface area contributed by atoms with Crippen LogP contribution in [0.25, 0.3) is 11.3 Å². The lowest BCUT2D eigenvalue weighted by Gasteiger charge is -2.12. The van der Waals surface area contributed by atoms with Gasteiger partial charge in [-0.25, -0.2) is 4.98 Å². The van der Waals surface area contributed by atoms with Gasteiger partial charge in [-0.05, 0) is 41.0 Å². The van der Waals surface area contributed by atoms with Crippen molar-refractivity contribution in [2.24, 2.45) is 0 Å². The smallest absolute Gasteiger partial charge is 0.405 e. The predicted molar refractivity (Wildman–Crippen MR) is 86.2 cm³/mol. The van der Waals surface area contributed by atoms with Gasteiger partial charge in [-0.3, -0.25) is 4.79 Å². The van der Waals surface area contributed by atoms with Crippen LogP contribution in [0.2, 0.25) is 0 Å². The molecule has 5 nitrogen and oxygen atoms in total. The van der Waals surface area contributed by atoms with E-state index in [-0.39, 0.29) is 25.5 Å². The van der Waals surface area contributed by atoms with Crippen LogP contribution in [0.5, 0.6) is 5.75 Å². The highest BCUT2D eigenvalue weighted by Crippen LogP contribution is 2.32. The molecule has 120 valence electrons. The van der Waals surface area contributed by atoms with Gasteiger partial charge in [-0.15, -0.1) is 13.2 Å². The summed E-state index contributed by atoms with van der Waals surface area (Å²) in [6.07, 6.45) is -3.18. The third-order valence-electron chi connectivity index (χ3n) is 2.63. The third-order valence-corrected chi connectivity index (χ3v) is 4.10. The van der Waals surface area contributed by atoms with E-state index in [4.69, 9.17) is 5.26 Å². The summed E-state index contributed by atoms with van der Waals surface area (Å²) in [6, 6.07) is 5.67. The van der Waals surface area contributed by atoms with Gasteiger partial charge in [0.15, 0.2) is 5.16 Å². The van der Waals surface area contributed by atoms with Gasteiger partial charge in [0.25, 0.3) is 5.56 Å². The molecule has 1 aromatic heterocycles. The van der Waals surface area contributed by atoms with Gasteiger partial charge >= 0.3 is 6.36 Å². The van der Waals surface area contributed by atoms with Gasteiger partial charge in [0.1, 0.15) is 17.4 Å². The number of nitriles is 1. The molecule has 1 heterocycles. The van der Waals surface area contributed by atoms with Gasteiger partial charge in [0.05, 0.1) is 9.26 Å². The van der Waals surface area contributed by atoms with Crippen LogP contribution in [-0.4, -0.2) is 22.6 Å². The summed E-state index contributed by atoms with van der Waals surface area (Å²) in [4.78, 5) is 18.4. The summed E-state index contributed by atoms with van der Waals surface area (Å²) in [7, 11) is 0. The molecule has 0 unspecified atom stereocenters. The van der Waals surface area contributed by atoms with Crippen molar-refractivity contribution in [2.75, 3.05) is 6.26 Å². The molecule has 0 radical (unpaired) electrons. The number of halogens is 4. The molecule has 2 aromatic rings. The number of hydrogen-bond acceptors (Lipinski definition) is 5. The topological polar surface area (TPSA) is 78.8 Å². The Morgan fingerprint density at radius 2 is 2.13 bits per heavy atom. The fourth-order valence-electron chi connectivity index (χ4n) is 1.72. The van der Waals surface area contributed by atoms with E-state index in [2.05, 4.69) is 14.7 Å². The maximum absolute atomic E-state index is 12.4. The Bertz CT molecular complexity index is 846. The number of nitrogens with one attached hydrogen (secondary N) is 1. The Hall–Kier alpha value is -1.74. The van der Waals surface area contributed by atoms with Crippen molar-refractivity contribution in [3.05, 3.63) is 37.7 Å². The Morgan fingerprint density at radius 3 is 2.70 bits per heavy atom. The molecule has 1 N–H and O–H groups in total. The van der Waals surface area contributed by atoms with Crippen LogP contribution >= 0.6 is 34.4 Å². The lowest BCUT2D eigenvalue weighted by atomic mass is 10.1. The number of H-pyrrole nitrogens is 1. The molecule has 0 aliphatic carbocycles. The van der Waals surface area contributed by atoms with E-state index in [9.17, 15) is 18.0 Å². The average molecular weight is 453 g/mol. The maximum Gasteiger partial charge on any atom is 0.573 e. The third kappa shape index (κ3) is 4.17. The first kappa shape index (κ1) is 17.6. The Morgan fingerprint density at radius 1 is 1.43 bits per heavy atom. The molecule has 10 heteroatoms. The number of rotatable bonds is 3. The molecule has 0 aliphatic heterocycles. The predicted octanol–water partition coefficient (Wildman–Crippen LogP) is 3.53. The first-order valence-corrected chi connectivity index (χ1v) is 8.19. The fourth-order valence-corrected chi connectivity index (χ4v) is 2.54. The number of aromatic nitrogens is 2. The summed E-state index contributed by atoms with van der Waals surface area (Å²) >= 11 is 2.83. The summed E-state index contributed by atoms with van der Waals surface area (Å²) in [5.41, 5.74) is -0.743. The van der Waals surface area contributed by atoms with Crippen LogP contribution < -0.4 is 10.3 Å². The highest BCUT2D eigenvalue weighted by Gasteiger charge is 2.32. The lowest BCUT2D eigenvalue weighted by molar-refractivity contribution is -0.274. The van der Waals surface area contributed by atoms with Gasteiger partial charge < -0.3 is 9.72 Å². The molecule has 0 saturated carbocycles. The van der Waals surface area contributed by atoms with Gasteiger partial charge in [0, 0.05) is 5.56 Å². The number of aromatic amines is 1. The number of hydrogen-bond donors (Lipinski definition) is 1. The molecular formula is C13H7F3IN3O2S. The normalized spacial score (nSPS) is 11.1. The SMILES string of the molecule is CSc1nc(-c2ccc(I)c(OC(F)(F)F)c2)c(C#N)c(=O)[nH]1. The van der Waals surface area contributed by atoms with Crippen molar-refractivity contribution in [2.45, 2.75) is 11.5 Å². The molecule has 0 amide bonds. The molecule has 2 rings (SSSR count). The van der Waals surface area contributed by atoms with Gasteiger partial charge in [-0.1, -0.05) is 17.8 Å². The van der Waals surface area contributed by atoms with E-state index in [1.165, 1.54) is 12.1 Å². The van der Waals surface area contributed by atoms with Crippen molar-refractivity contribution in [3.8, 4) is 23.1 Å². The van der Waals surface area contributed by atoms with E-state index in [1.54, 1.807) is 34.9 Å². The average Bonchev–Trinajstić information content (AvgIpc) is 2.47. The highest BCUT2D eigenvalue weighted by atomic mass is 127. The molecule has 0 aliphatic rings. The van der Waals surface area contributed by atoms with E-state index >= 15 is 0 Å². The van der Waals surface area contributed by atoms with Crippen LogP contribution in [0, 0.1) is 14.9 Å². The van der Waals surface area contributed by atoms with Crippen LogP contribution in [-0.2, 0) is 0 Å². The Kier molecular flexibility index (Phi) is 5.20. The number of nitrogens with zero attached hydrogens (tertiary/aromatic N) is 2.